The van der Waals surface area contributed by atoms with Gasteiger partial charge in [0, 0.05) is 12.6 Å². The number of hydrogen-bond acceptors (Lipinski definition) is 3. The summed E-state index contributed by atoms with van der Waals surface area (Å²) in [5.41, 5.74) is 6.24. The van der Waals surface area contributed by atoms with E-state index in [0.717, 1.165) is 0 Å². The molecule has 0 fully saturated rings. The normalized spacial score (nSPS) is 24.8. The van der Waals surface area contributed by atoms with Crippen LogP contribution >= 0.6 is 0 Å². The SMILES string of the molecule is CC1Nc2cc(F)ccc2OC1CN. The molecule has 1 heterocycles. The molecule has 14 heavy (non-hydrogen) atoms. The molecule has 0 amide bonds. The third-order valence-corrected chi connectivity index (χ3v) is 2.39. The lowest BCUT2D eigenvalue weighted by Crippen LogP contribution is -2.44. The molecule has 2 atom stereocenters. The summed E-state index contributed by atoms with van der Waals surface area (Å²) in [7, 11) is 0. The Labute approximate surface area is 82.1 Å². The topological polar surface area (TPSA) is 47.3 Å². The minimum Gasteiger partial charge on any atom is -0.485 e. The fraction of sp³-hybridized carbons (Fsp3) is 0.400. The second-order valence-corrected chi connectivity index (χ2v) is 3.47. The number of benzene rings is 1. The predicted octanol–water partition coefficient (Wildman–Crippen LogP) is 1.35. The number of halogens is 1. The summed E-state index contributed by atoms with van der Waals surface area (Å²) in [6, 6.07) is 4.53. The molecule has 76 valence electrons. The van der Waals surface area contributed by atoms with E-state index in [-0.39, 0.29) is 18.0 Å². The molecule has 0 aliphatic carbocycles. The lowest BCUT2D eigenvalue weighted by molar-refractivity contribution is 0.182. The van der Waals surface area contributed by atoms with Gasteiger partial charge in [0.15, 0.2) is 0 Å². The van der Waals surface area contributed by atoms with Crippen LogP contribution in [0.4, 0.5) is 10.1 Å². The van der Waals surface area contributed by atoms with Gasteiger partial charge in [-0.05, 0) is 19.1 Å². The van der Waals surface area contributed by atoms with E-state index in [9.17, 15) is 4.39 Å². The molecule has 1 aromatic carbocycles. The number of rotatable bonds is 1. The molecule has 0 aromatic heterocycles. The summed E-state index contributed by atoms with van der Waals surface area (Å²) in [4.78, 5) is 0. The van der Waals surface area contributed by atoms with Crippen molar-refractivity contribution < 1.29 is 9.13 Å². The summed E-state index contributed by atoms with van der Waals surface area (Å²) in [6.07, 6.45) is -0.0482. The average Bonchev–Trinajstić information content (AvgIpc) is 2.16. The number of fused-ring (bicyclic) bond motifs is 1. The molecule has 0 saturated carbocycles. The van der Waals surface area contributed by atoms with Gasteiger partial charge >= 0.3 is 0 Å². The fourth-order valence-electron chi connectivity index (χ4n) is 1.57. The second-order valence-electron chi connectivity index (χ2n) is 3.47. The minimum absolute atomic E-state index is 0.0482. The van der Waals surface area contributed by atoms with Crippen LogP contribution in [-0.2, 0) is 0 Å². The smallest absolute Gasteiger partial charge is 0.143 e. The lowest BCUT2D eigenvalue weighted by Gasteiger charge is -2.32. The molecule has 1 aromatic rings. The lowest BCUT2D eigenvalue weighted by atomic mass is 10.1. The third-order valence-electron chi connectivity index (χ3n) is 2.39. The summed E-state index contributed by atoms with van der Waals surface area (Å²) >= 11 is 0. The third kappa shape index (κ3) is 1.53. The zero-order valence-corrected chi connectivity index (χ0v) is 7.96. The van der Waals surface area contributed by atoms with Crippen LogP contribution in [0.25, 0.3) is 0 Å². The average molecular weight is 196 g/mol. The Morgan fingerprint density at radius 3 is 3.07 bits per heavy atom. The maximum absolute atomic E-state index is 12.9. The number of ether oxygens (including phenoxy) is 1. The van der Waals surface area contributed by atoms with Crippen LogP contribution in [0, 0.1) is 5.82 Å². The molecule has 2 rings (SSSR count). The van der Waals surface area contributed by atoms with E-state index in [1.54, 1.807) is 6.07 Å². The largest absolute Gasteiger partial charge is 0.485 e. The van der Waals surface area contributed by atoms with Crippen molar-refractivity contribution >= 4 is 5.69 Å². The zero-order chi connectivity index (χ0) is 10.1. The van der Waals surface area contributed by atoms with Gasteiger partial charge in [-0.2, -0.15) is 0 Å². The van der Waals surface area contributed by atoms with Crippen LogP contribution in [0.15, 0.2) is 18.2 Å². The Morgan fingerprint density at radius 2 is 2.36 bits per heavy atom. The highest BCUT2D eigenvalue weighted by Gasteiger charge is 2.24. The number of nitrogens with two attached hydrogens (primary N) is 1. The van der Waals surface area contributed by atoms with Crippen LogP contribution in [0.3, 0.4) is 0 Å². The van der Waals surface area contributed by atoms with E-state index in [2.05, 4.69) is 5.32 Å². The predicted molar refractivity (Wildman–Crippen MR) is 53.0 cm³/mol. The van der Waals surface area contributed by atoms with Gasteiger partial charge in [-0.3, -0.25) is 0 Å². The van der Waals surface area contributed by atoms with Crippen LogP contribution in [0.2, 0.25) is 0 Å². The maximum atomic E-state index is 12.9. The maximum Gasteiger partial charge on any atom is 0.143 e. The van der Waals surface area contributed by atoms with E-state index in [4.69, 9.17) is 10.5 Å². The van der Waals surface area contributed by atoms with Crippen molar-refractivity contribution in [3.05, 3.63) is 24.0 Å². The fourth-order valence-corrected chi connectivity index (χ4v) is 1.57. The first-order valence-electron chi connectivity index (χ1n) is 4.63. The van der Waals surface area contributed by atoms with Crippen molar-refractivity contribution in [3.8, 4) is 5.75 Å². The Balaban J connectivity index is 2.30. The van der Waals surface area contributed by atoms with E-state index >= 15 is 0 Å². The van der Waals surface area contributed by atoms with Gasteiger partial charge in [0.25, 0.3) is 0 Å². The van der Waals surface area contributed by atoms with E-state index < -0.39 is 0 Å². The molecule has 1 aliphatic heterocycles. The summed E-state index contributed by atoms with van der Waals surface area (Å²) < 4.78 is 18.5. The number of nitrogens with one attached hydrogen (secondary N) is 1. The summed E-state index contributed by atoms with van der Waals surface area (Å²) in [6.45, 7) is 2.41. The van der Waals surface area contributed by atoms with Crippen molar-refractivity contribution in [3.63, 3.8) is 0 Å². The van der Waals surface area contributed by atoms with Crippen LogP contribution < -0.4 is 15.8 Å². The molecular weight excluding hydrogens is 183 g/mol. The highest BCUT2D eigenvalue weighted by molar-refractivity contribution is 5.58. The van der Waals surface area contributed by atoms with Crippen LogP contribution in [0.5, 0.6) is 5.75 Å². The second kappa shape index (κ2) is 3.46. The molecule has 3 N–H and O–H groups in total. The number of anilines is 1. The van der Waals surface area contributed by atoms with E-state index in [0.29, 0.717) is 18.0 Å². The molecule has 2 unspecified atom stereocenters. The number of hydrogen-bond donors (Lipinski definition) is 2. The first-order valence-corrected chi connectivity index (χ1v) is 4.63. The van der Waals surface area contributed by atoms with Crippen molar-refractivity contribution in [1.29, 1.82) is 0 Å². The molecule has 0 bridgehead atoms. The van der Waals surface area contributed by atoms with Crippen LogP contribution in [-0.4, -0.2) is 18.7 Å². The summed E-state index contributed by atoms with van der Waals surface area (Å²) in [5.74, 6) is 0.401. The molecule has 1 aliphatic rings. The van der Waals surface area contributed by atoms with Gasteiger partial charge in [0.05, 0.1) is 11.7 Å². The Hall–Kier alpha value is -1.29. The molecule has 0 saturated heterocycles. The van der Waals surface area contributed by atoms with Crippen molar-refractivity contribution in [2.45, 2.75) is 19.1 Å². The summed E-state index contributed by atoms with van der Waals surface area (Å²) in [5, 5.41) is 3.16. The first-order chi connectivity index (χ1) is 6.70. The van der Waals surface area contributed by atoms with Crippen molar-refractivity contribution in [2.75, 3.05) is 11.9 Å². The van der Waals surface area contributed by atoms with Gasteiger partial charge in [-0.1, -0.05) is 0 Å². The van der Waals surface area contributed by atoms with E-state index in [1.165, 1.54) is 12.1 Å². The van der Waals surface area contributed by atoms with Gasteiger partial charge < -0.3 is 15.8 Å². The van der Waals surface area contributed by atoms with Gasteiger partial charge in [-0.15, -0.1) is 0 Å². The van der Waals surface area contributed by atoms with Crippen molar-refractivity contribution in [1.82, 2.24) is 0 Å². The van der Waals surface area contributed by atoms with Gasteiger partial charge in [-0.25, -0.2) is 4.39 Å². The molecule has 0 radical (unpaired) electrons. The quantitative estimate of drug-likeness (QED) is 0.712. The van der Waals surface area contributed by atoms with Gasteiger partial charge in [0.1, 0.15) is 17.7 Å². The minimum atomic E-state index is -0.266. The Kier molecular flexibility index (Phi) is 2.29. The molecule has 0 spiro atoms. The zero-order valence-electron chi connectivity index (χ0n) is 7.96. The first kappa shape index (κ1) is 9.27. The molecule has 3 nitrogen and oxygen atoms in total. The van der Waals surface area contributed by atoms with Gasteiger partial charge in [0.2, 0.25) is 0 Å². The standard InChI is InChI=1S/C10H13FN2O/c1-6-10(5-12)14-9-3-2-7(11)4-8(9)13-6/h2-4,6,10,13H,5,12H2,1H3. The highest BCUT2D eigenvalue weighted by atomic mass is 19.1. The Morgan fingerprint density at radius 1 is 1.57 bits per heavy atom. The van der Waals surface area contributed by atoms with Crippen molar-refractivity contribution in [2.24, 2.45) is 5.73 Å². The van der Waals surface area contributed by atoms with E-state index in [1.807, 2.05) is 6.92 Å². The monoisotopic (exact) mass is 196 g/mol. The molecular formula is C10H13FN2O. The highest BCUT2D eigenvalue weighted by Crippen LogP contribution is 2.31. The molecule has 4 heteroatoms. The Bertz CT molecular complexity index is 343. The van der Waals surface area contributed by atoms with Crippen LogP contribution in [0.1, 0.15) is 6.92 Å².